The van der Waals surface area contributed by atoms with E-state index in [2.05, 4.69) is 29.9 Å². The van der Waals surface area contributed by atoms with E-state index in [9.17, 15) is 23.1 Å². The van der Waals surface area contributed by atoms with Gasteiger partial charge in [0.25, 0.3) is 0 Å². The number of likely N-dealkylation sites (tertiary alicyclic amines) is 1. The minimum atomic E-state index is -3.62. The van der Waals surface area contributed by atoms with Gasteiger partial charge in [0.05, 0.1) is 15.5 Å². The molecule has 50 heavy (non-hydrogen) atoms. The normalized spacial score (nSPS) is 14.9. The van der Waals surface area contributed by atoms with Crippen molar-refractivity contribution in [3.8, 4) is 11.5 Å². The van der Waals surface area contributed by atoms with Crippen molar-refractivity contribution in [1.82, 2.24) is 19.8 Å². The van der Waals surface area contributed by atoms with Gasteiger partial charge in [-0.25, -0.2) is 27.0 Å². The number of benzene rings is 2. The van der Waals surface area contributed by atoms with E-state index in [1.165, 1.54) is 23.1 Å². The van der Waals surface area contributed by atoms with E-state index in [0.29, 0.717) is 17.6 Å². The summed E-state index contributed by atoms with van der Waals surface area (Å²) in [5.41, 5.74) is 0.404. The predicted octanol–water partition coefficient (Wildman–Crippen LogP) is 6.72. The van der Waals surface area contributed by atoms with Crippen molar-refractivity contribution in [3.63, 3.8) is 0 Å². The zero-order valence-electron chi connectivity index (χ0n) is 27.9. The molecule has 1 atom stereocenters. The van der Waals surface area contributed by atoms with Crippen molar-refractivity contribution in [3.05, 3.63) is 83.1 Å². The van der Waals surface area contributed by atoms with Gasteiger partial charge in [0, 0.05) is 46.5 Å². The number of amides is 2. The van der Waals surface area contributed by atoms with Crippen molar-refractivity contribution < 1.29 is 41.4 Å². The van der Waals surface area contributed by atoms with Crippen LogP contribution in [0, 0.1) is 11.6 Å². The van der Waals surface area contributed by atoms with E-state index < -0.39 is 58.6 Å². The first-order valence-electron chi connectivity index (χ1n) is 16.1. The lowest BCUT2D eigenvalue weighted by Crippen LogP contribution is -2.52. The predicted molar refractivity (Wildman–Crippen MR) is 187 cm³/mol. The Hall–Kier alpha value is -4.05. The van der Waals surface area contributed by atoms with Crippen molar-refractivity contribution >= 4 is 52.5 Å². The molecule has 3 heterocycles. The molecule has 0 saturated carbocycles. The van der Waals surface area contributed by atoms with Crippen molar-refractivity contribution in [2.24, 2.45) is 0 Å². The summed E-state index contributed by atoms with van der Waals surface area (Å²) in [6.45, 7) is 7.66. The Morgan fingerprint density at radius 1 is 1.08 bits per heavy atom. The van der Waals surface area contributed by atoms with Crippen LogP contribution >= 0.6 is 11.6 Å². The van der Waals surface area contributed by atoms with Gasteiger partial charge in [-0.15, -0.1) is 0 Å². The van der Waals surface area contributed by atoms with Gasteiger partial charge in [0.15, 0.2) is 27.2 Å². The Labute approximate surface area is 295 Å². The second-order valence-corrected chi connectivity index (χ2v) is 21.6. The van der Waals surface area contributed by atoms with Gasteiger partial charge < -0.3 is 29.4 Å². The number of ether oxygens (including phenoxy) is 2. The molecule has 1 aliphatic heterocycles. The van der Waals surface area contributed by atoms with Gasteiger partial charge >= 0.3 is 6.09 Å². The average Bonchev–Trinajstić information content (AvgIpc) is 3.46. The lowest BCUT2D eigenvalue weighted by molar-refractivity contribution is -0.134. The fraction of sp³-hybridized carbons (Fsp3) is 0.382. The summed E-state index contributed by atoms with van der Waals surface area (Å²) in [7, 11) is -4.90. The molecule has 268 valence electrons. The van der Waals surface area contributed by atoms with Crippen LogP contribution in [0.25, 0.3) is 11.0 Å². The SMILES string of the molecule is C[Si](C)(C)CCOCn1ccc2c(Oc3c(F)cc(C[C@H](NC(=O)O)C(=O)N4CCC(S(=O)(=O)c5ccccc5)CC4)cc3F)cc(Cl)nc21. The molecule has 2 aromatic heterocycles. The molecule has 16 heteroatoms. The van der Waals surface area contributed by atoms with Crippen LogP contribution < -0.4 is 10.1 Å². The summed E-state index contributed by atoms with van der Waals surface area (Å²) in [6, 6.07) is 12.6. The van der Waals surface area contributed by atoms with Gasteiger partial charge in [-0.05, 0) is 54.8 Å². The number of nitrogens with zero attached hydrogens (tertiary/aromatic N) is 3. The first-order valence-corrected chi connectivity index (χ1v) is 21.7. The van der Waals surface area contributed by atoms with Crippen LogP contribution in [0.15, 0.2) is 65.7 Å². The van der Waals surface area contributed by atoms with E-state index in [-0.39, 0.29) is 60.4 Å². The Morgan fingerprint density at radius 3 is 2.36 bits per heavy atom. The molecule has 0 radical (unpaired) electrons. The van der Waals surface area contributed by atoms with Crippen LogP contribution in [-0.4, -0.2) is 79.0 Å². The molecule has 0 aliphatic carbocycles. The number of hydrogen-bond donors (Lipinski definition) is 2. The second kappa shape index (κ2) is 15.5. The molecule has 0 unspecified atom stereocenters. The standard InChI is InChI=1S/C34H39ClF2N4O7SSi/c1-50(2,3)16-15-47-21-41-14-11-25-29(20-30(35)39-32(25)41)48-31-26(36)17-22(18-27(31)37)19-28(38-34(43)44)33(42)40-12-9-24(10-13-40)49(45,46)23-7-5-4-6-8-23/h4-8,11,14,17-18,20,24,28,38H,9-10,12-13,15-16,19,21H2,1-3H3,(H,43,44)/t28-/m0/s1. The molecular weight excluding hydrogens is 710 g/mol. The van der Waals surface area contributed by atoms with Crippen LogP contribution in [0.2, 0.25) is 30.8 Å². The number of carbonyl (C=O) groups is 2. The Balaban J connectivity index is 1.28. The molecule has 1 aliphatic rings. The lowest BCUT2D eigenvalue weighted by Gasteiger charge is -2.34. The van der Waals surface area contributed by atoms with Crippen LogP contribution in [0.4, 0.5) is 13.6 Å². The molecule has 5 rings (SSSR count). The van der Waals surface area contributed by atoms with Crippen molar-refractivity contribution in [1.29, 1.82) is 0 Å². The fourth-order valence-corrected chi connectivity index (χ4v) is 8.45. The summed E-state index contributed by atoms with van der Waals surface area (Å²) < 4.78 is 70.2. The molecule has 2 N–H and O–H groups in total. The molecule has 0 spiro atoms. The van der Waals surface area contributed by atoms with Gasteiger partial charge in [-0.2, -0.15) is 0 Å². The molecule has 2 amide bonds. The van der Waals surface area contributed by atoms with Gasteiger partial charge in [0.1, 0.15) is 29.3 Å². The zero-order chi connectivity index (χ0) is 36.2. The smallest absolute Gasteiger partial charge is 0.405 e. The number of piperidine rings is 1. The van der Waals surface area contributed by atoms with Crippen molar-refractivity contribution in [2.45, 2.75) is 67.9 Å². The quantitative estimate of drug-likeness (QED) is 0.0874. The minimum absolute atomic E-state index is 0.000480. The second-order valence-electron chi connectivity index (χ2n) is 13.4. The third kappa shape index (κ3) is 8.99. The van der Waals surface area contributed by atoms with E-state index in [0.717, 1.165) is 18.2 Å². The summed E-state index contributed by atoms with van der Waals surface area (Å²) in [5, 5.41) is 11.4. The third-order valence-corrected chi connectivity index (χ3v) is 12.6. The average molecular weight is 749 g/mol. The molecule has 11 nitrogen and oxygen atoms in total. The van der Waals surface area contributed by atoms with Gasteiger partial charge in [-0.3, -0.25) is 4.79 Å². The maximum Gasteiger partial charge on any atom is 0.405 e. The number of carbonyl (C=O) groups excluding carboxylic acids is 1. The maximum absolute atomic E-state index is 15.4. The highest BCUT2D eigenvalue weighted by atomic mass is 35.5. The number of aromatic nitrogens is 2. The Kier molecular flexibility index (Phi) is 11.5. The number of carboxylic acid groups (broad SMARTS) is 1. The fourth-order valence-electron chi connectivity index (χ4n) is 5.76. The van der Waals surface area contributed by atoms with Gasteiger partial charge in [-0.1, -0.05) is 49.4 Å². The van der Waals surface area contributed by atoms with E-state index in [4.69, 9.17) is 21.1 Å². The van der Waals surface area contributed by atoms with Crippen LogP contribution in [0.1, 0.15) is 18.4 Å². The molecule has 4 aromatic rings. The highest BCUT2D eigenvalue weighted by Gasteiger charge is 2.35. The first-order chi connectivity index (χ1) is 23.6. The maximum atomic E-state index is 15.4. The monoisotopic (exact) mass is 748 g/mol. The lowest BCUT2D eigenvalue weighted by atomic mass is 10.0. The molecule has 1 saturated heterocycles. The van der Waals surface area contributed by atoms with Crippen LogP contribution in [-0.2, 0) is 32.5 Å². The number of pyridine rings is 1. The molecular formula is C34H39ClF2N4O7SSi. The van der Waals surface area contributed by atoms with Gasteiger partial charge in [0.2, 0.25) is 5.91 Å². The molecule has 0 bridgehead atoms. The topological polar surface area (TPSA) is 140 Å². The number of fused-ring (bicyclic) bond motifs is 1. The number of nitrogens with one attached hydrogen (secondary N) is 1. The van der Waals surface area contributed by atoms with Crippen LogP contribution in [0.3, 0.4) is 0 Å². The van der Waals surface area contributed by atoms with E-state index >= 15 is 8.78 Å². The highest BCUT2D eigenvalue weighted by molar-refractivity contribution is 7.92. The van der Waals surface area contributed by atoms with Crippen LogP contribution in [0.5, 0.6) is 11.5 Å². The highest BCUT2D eigenvalue weighted by Crippen LogP contribution is 2.35. The molecule has 2 aromatic carbocycles. The summed E-state index contributed by atoms with van der Waals surface area (Å²) in [6.07, 6.45) is 0.145. The van der Waals surface area contributed by atoms with E-state index in [1.807, 2.05) is 0 Å². The zero-order valence-corrected chi connectivity index (χ0v) is 30.4. The van der Waals surface area contributed by atoms with Crippen molar-refractivity contribution in [2.75, 3.05) is 19.7 Å². The number of hydrogen-bond acceptors (Lipinski definition) is 7. The summed E-state index contributed by atoms with van der Waals surface area (Å²) in [5.74, 6) is -3.45. The Bertz CT molecular complexity index is 1940. The Morgan fingerprint density at radius 2 is 1.74 bits per heavy atom. The first kappa shape index (κ1) is 37.2. The summed E-state index contributed by atoms with van der Waals surface area (Å²) >= 11 is 6.25. The minimum Gasteiger partial charge on any atom is -0.465 e. The summed E-state index contributed by atoms with van der Waals surface area (Å²) in [4.78, 5) is 30.9. The number of halogens is 3. The number of rotatable bonds is 13. The molecule has 1 fully saturated rings. The largest absolute Gasteiger partial charge is 0.465 e. The van der Waals surface area contributed by atoms with E-state index in [1.54, 1.807) is 35.0 Å². The number of sulfone groups is 1. The third-order valence-electron chi connectivity index (χ3n) is 8.46.